The molecule has 0 spiro atoms. The number of hydrogen-bond donors (Lipinski definition) is 1. The van der Waals surface area contributed by atoms with Gasteiger partial charge in [0.1, 0.15) is 0 Å². The Morgan fingerprint density at radius 3 is 2.23 bits per heavy atom. The highest BCUT2D eigenvalue weighted by Gasteiger charge is 2.06. The molecular formula is C26H19N5. The molecule has 0 saturated heterocycles. The molecule has 0 aliphatic rings. The third-order valence-electron chi connectivity index (χ3n) is 4.96. The zero-order valence-corrected chi connectivity index (χ0v) is 16.7. The molecule has 1 heterocycles. The molecule has 1 N–H and O–H groups in total. The van der Waals surface area contributed by atoms with Crippen molar-refractivity contribution in [2.45, 2.75) is 0 Å². The molecule has 0 aliphatic carbocycles. The molecule has 0 radical (unpaired) electrons. The molecule has 0 saturated carbocycles. The van der Waals surface area contributed by atoms with Crippen LogP contribution in [-0.2, 0) is 0 Å². The average molecular weight is 401 g/mol. The molecule has 5 rings (SSSR count). The van der Waals surface area contributed by atoms with Crippen LogP contribution in [0, 0.1) is 0 Å². The predicted octanol–water partition coefficient (Wildman–Crippen LogP) is 6.95. The lowest BCUT2D eigenvalue weighted by molar-refractivity contribution is 1.16. The summed E-state index contributed by atoms with van der Waals surface area (Å²) in [5.74, 6) is 1.01. The van der Waals surface area contributed by atoms with Crippen LogP contribution in [0.25, 0.3) is 21.5 Å². The van der Waals surface area contributed by atoms with Gasteiger partial charge in [-0.15, -0.1) is 10.2 Å². The highest BCUT2D eigenvalue weighted by Crippen LogP contribution is 2.28. The van der Waals surface area contributed by atoms with Crippen LogP contribution in [0.1, 0.15) is 5.56 Å². The van der Waals surface area contributed by atoms with Crippen LogP contribution in [0.4, 0.5) is 11.5 Å². The van der Waals surface area contributed by atoms with Crippen molar-refractivity contribution in [1.82, 2.24) is 4.98 Å². The largest absolute Gasteiger partial charge is 0.276 e. The Bertz CT molecular complexity index is 1390. The summed E-state index contributed by atoms with van der Waals surface area (Å²) in [5, 5.41) is 17.8. The maximum absolute atomic E-state index is 4.59. The summed E-state index contributed by atoms with van der Waals surface area (Å²) in [6.45, 7) is 0. The molecule has 31 heavy (non-hydrogen) atoms. The summed E-state index contributed by atoms with van der Waals surface area (Å²) >= 11 is 0. The molecule has 0 bridgehead atoms. The van der Waals surface area contributed by atoms with Gasteiger partial charge < -0.3 is 0 Å². The number of amidine groups is 1. The minimum absolute atomic E-state index is 0.476. The minimum atomic E-state index is 0.476. The van der Waals surface area contributed by atoms with E-state index in [0.29, 0.717) is 11.7 Å². The van der Waals surface area contributed by atoms with E-state index in [-0.39, 0.29) is 0 Å². The summed E-state index contributed by atoms with van der Waals surface area (Å²) in [5.41, 5.74) is 4.97. The van der Waals surface area contributed by atoms with Gasteiger partial charge in [0.05, 0.1) is 5.69 Å². The molecule has 5 nitrogen and oxygen atoms in total. The molecule has 0 unspecified atom stereocenters. The van der Waals surface area contributed by atoms with E-state index in [4.69, 9.17) is 0 Å². The summed E-state index contributed by atoms with van der Waals surface area (Å²) < 4.78 is 0. The van der Waals surface area contributed by atoms with E-state index in [1.807, 2.05) is 60.7 Å². The Kier molecular flexibility index (Phi) is 5.14. The lowest BCUT2D eigenvalue weighted by atomic mass is 10.0. The van der Waals surface area contributed by atoms with Gasteiger partial charge in [0, 0.05) is 17.1 Å². The number of fused-ring (bicyclic) bond motifs is 2. The van der Waals surface area contributed by atoms with E-state index < -0.39 is 0 Å². The van der Waals surface area contributed by atoms with Crippen molar-refractivity contribution in [2.24, 2.45) is 15.3 Å². The molecule has 0 atom stereocenters. The monoisotopic (exact) mass is 401 g/mol. The normalized spacial score (nSPS) is 11.9. The zero-order chi connectivity index (χ0) is 20.9. The Labute approximate surface area is 179 Å². The molecule has 148 valence electrons. The third kappa shape index (κ3) is 4.16. The predicted molar refractivity (Wildman–Crippen MR) is 127 cm³/mol. The number of hydrogen-bond acceptors (Lipinski definition) is 4. The van der Waals surface area contributed by atoms with E-state index in [9.17, 15) is 0 Å². The van der Waals surface area contributed by atoms with E-state index in [1.54, 1.807) is 12.3 Å². The van der Waals surface area contributed by atoms with Crippen LogP contribution in [0.3, 0.4) is 0 Å². The number of rotatable bonds is 4. The number of hydrazone groups is 1. The first kappa shape index (κ1) is 18.6. The maximum atomic E-state index is 4.59. The van der Waals surface area contributed by atoms with Crippen LogP contribution in [0.5, 0.6) is 0 Å². The first-order valence-electron chi connectivity index (χ1n) is 10.0. The number of azo groups is 1. The van der Waals surface area contributed by atoms with Gasteiger partial charge in [-0.2, -0.15) is 5.10 Å². The lowest BCUT2D eigenvalue weighted by Gasteiger charge is -2.09. The Hall–Kier alpha value is -4.38. The third-order valence-corrected chi connectivity index (χ3v) is 4.96. The zero-order valence-electron chi connectivity index (χ0n) is 16.7. The summed E-state index contributed by atoms with van der Waals surface area (Å²) in [4.78, 5) is 4.20. The minimum Gasteiger partial charge on any atom is -0.276 e. The fourth-order valence-corrected chi connectivity index (χ4v) is 3.42. The Morgan fingerprint density at radius 1 is 0.677 bits per heavy atom. The number of nitrogens with one attached hydrogen (secondary N) is 1. The molecule has 0 aliphatic heterocycles. The van der Waals surface area contributed by atoms with Crippen LogP contribution in [-0.4, -0.2) is 10.8 Å². The average Bonchev–Trinajstić information content (AvgIpc) is 2.84. The fraction of sp³-hybridized carbons (Fsp3) is 0. The van der Waals surface area contributed by atoms with Gasteiger partial charge >= 0.3 is 0 Å². The summed E-state index contributed by atoms with van der Waals surface area (Å²) in [7, 11) is 0. The first-order valence-corrected chi connectivity index (χ1v) is 10.0. The van der Waals surface area contributed by atoms with Crippen molar-refractivity contribution >= 4 is 38.9 Å². The first-order chi connectivity index (χ1) is 15.4. The van der Waals surface area contributed by atoms with Crippen LogP contribution < -0.4 is 5.43 Å². The van der Waals surface area contributed by atoms with E-state index in [1.165, 1.54) is 10.8 Å². The molecule has 5 heteroatoms. The number of benzene rings is 4. The van der Waals surface area contributed by atoms with E-state index >= 15 is 0 Å². The van der Waals surface area contributed by atoms with Crippen molar-refractivity contribution in [3.63, 3.8) is 0 Å². The summed E-state index contributed by atoms with van der Waals surface area (Å²) in [6, 6.07) is 34.1. The molecule has 0 fully saturated rings. The van der Waals surface area contributed by atoms with Crippen LogP contribution >= 0.6 is 0 Å². The van der Waals surface area contributed by atoms with Gasteiger partial charge in [-0.05, 0) is 46.5 Å². The smallest absolute Gasteiger partial charge is 0.201 e. The van der Waals surface area contributed by atoms with Gasteiger partial charge in [0.25, 0.3) is 0 Å². The molecule has 4 aromatic carbocycles. The molecular weight excluding hydrogens is 382 g/mol. The van der Waals surface area contributed by atoms with E-state index in [0.717, 1.165) is 22.0 Å². The SMILES string of the molecule is c1ccc(C(N=Nc2ccccn2)=NNc2cccc3cc4ccccc4cc23)cc1. The fourth-order valence-electron chi connectivity index (χ4n) is 3.42. The molecule has 1 aromatic heterocycles. The van der Waals surface area contributed by atoms with Gasteiger partial charge in [0.15, 0.2) is 5.82 Å². The van der Waals surface area contributed by atoms with Crippen LogP contribution in [0.15, 0.2) is 125 Å². The second kappa shape index (κ2) is 8.55. The van der Waals surface area contributed by atoms with Crippen molar-refractivity contribution in [3.8, 4) is 0 Å². The van der Waals surface area contributed by atoms with Crippen molar-refractivity contribution in [3.05, 3.63) is 115 Å². The van der Waals surface area contributed by atoms with Crippen molar-refractivity contribution in [2.75, 3.05) is 5.43 Å². The topological polar surface area (TPSA) is 62.0 Å². The van der Waals surface area contributed by atoms with Gasteiger partial charge in [0.2, 0.25) is 5.84 Å². The number of nitrogens with zero attached hydrogens (tertiary/aromatic N) is 4. The van der Waals surface area contributed by atoms with Gasteiger partial charge in [-0.25, -0.2) is 4.98 Å². The van der Waals surface area contributed by atoms with E-state index in [2.05, 4.69) is 62.1 Å². The number of aromatic nitrogens is 1. The maximum Gasteiger partial charge on any atom is 0.201 e. The van der Waals surface area contributed by atoms with Crippen LogP contribution in [0.2, 0.25) is 0 Å². The number of anilines is 1. The van der Waals surface area contributed by atoms with Gasteiger partial charge in [-0.3, -0.25) is 5.43 Å². The Morgan fingerprint density at radius 2 is 1.42 bits per heavy atom. The lowest BCUT2D eigenvalue weighted by Crippen LogP contribution is -2.01. The highest BCUT2D eigenvalue weighted by atomic mass is 15.3. The quantitative estimate of drug-likeness (QED) is 0.116. The molecule has 0 amide bonds. The van der Waals surface area contributed by atoms with Gasteiger partial charge in [-0.1, -0.05) is 72.8 Å². The highest BCUT2D eigenvalue weighted by molar-refractivity contribution is 6.04. The second-order valence-electron chi connectivity index (χ2n) is 7.03. The van der Waals surface area contributed by atoms with Crippen molar-refractivity contribution in [1.29, 1.82) is 0 Å². The van der Waals surface area contributed by atoms with Crippen molar-refractivity contribution < 1.29 is 0 Å². The Balaban J connectivity index is 1.54. The summed E-state index contributed by atoms with van der Waals surface area (Å²) in [6.07, 6.45) is 1.69. The molecule has 5 aromatic rings. The standard InChI is InChI=1S/C26H19N5/c1-2-9-19(10-3-1)26(31-29-25-15-6-7-16-27-25)30-28-24-14-8-13-22-17-20-11-4-5-12-21(20)18-23(22)24/h1-18,28H. The number of pyridine rings is 1. The second-order valence-corrected chi connectivity index (χ2v) is 7.03.